The Morgan fingerprint density at radius 1 is 1.13 bits per heavy atom. The quantitative estimate of drug-likeness (QED) is 0.701. The maximum absolute atomic E-state index is 13.6. The van der Waals surface area contributed by atoms with Gasteiger partial charge in [-0.15, -0.1) is 0 Å². The number of halogens is 3. The van der Waals surface area contributed by atoms with Crippen molar-refractivity contribution in [3.63, 3.8) is 0 Å². The Morgan fingerprint density at radius 3 is 2.70 bits per heavy atom. The van der Waals surface area contributed by atoms with E-state index in [4.69, 9.17) is 0 Å². The summed E-state index contributed by atoms with van der Waals surface area (Å²) >= 11 is 3.36. The zero-order valence-corrected chi connectivity index (χ0v) is 14.0. The summed E-state index contributed by atoms with van der Waals surface area (Å²) in [5, 5.41) is 0.908. The molecule has 8 heteroatoms. The van der Waals surface area contributed by atoms with E-state index in [9.17, 15) is 17.2 Å². The highest BCUT2D eigenvalue weighted by Gasteiger charge is 2.21. The van der Waals surface area contributed by atoms with Crippen LogP contribution in [0.4, 0.5) is 8.78 Å². The normalized spacial score (nSPS) is 12.0. The first-order chi connectivity index (χ1) is 10.9. The molecule has 0 aliphatic rings. The van der Waals surface area contributed by atoms with Gasteiger partial charge in [0.15, 0.2) is 11.6 Å². The molecule has 0 fully saturated rings. The van der Waals surface area contributed by atoms with Crippen molar-refractivity contribution in [2.75, 3.05) is 0 Å². The Hall–Kier alpha value is -1.77. The van der Waals surface area contributed by atoms with Gasteiger partial charge in [-0.25, -0.2) is 21.9 Å². The molecule has 0 aliphatic carbocycles. The molecular formula is C15H11BrF2N2O2S. The van der Waals surface area contributed by atoms with Crippen molar-refractivity contribution in [2.45, 2.75) is 11.4 Å². The van der Waals surface area contributed by atoms with Crippen LogP contribution in [-0.2, 0) is 16.6 Å². The average molecular weight is 401 g/mol. The molecule has 23 heavy (non-hydrogen) atoms. The van der Waals surface area contributed by atoms with Crippen molar-refractivity contribution in [3.8, 4) is 0 Å². The highest BCUT2D eigenvalue weighted by atomic mass is 79.9. The van der Waals surface area contributed by atoms with Crippen LogP contribution >= 0.6 is 15.9 Å². The molecule has 4 nitrogen and oxygen atoms in total. The van der Waals surface area contributed by atoms with Crippen molar-refractivity contribution < 1.29 is 17.2 Å². The molecule has 0 amide bonds. The Labute approximate surface area is 139 Å². The Morgan fingerprint density at radius 2 is 1.91 bits per heavy atom. The highest BCUT2D eigenvalue weighted by molar-refractivity contribution is 9.10. The molecule has 0 aliphatic heterocycles. The van der Waals surface area contributed by atoms with Crippen molar-refractivity contribution in [1.82, 2.24) is 9.71 Å². The molecule has 0 unspecified atom stereocenters. The molecular weight excluding hydrogens is 390 g/mol. The van der Waals surface area contributed by atoms with Gasteiger partial charge < -0.3 is 4.98 Å². The number of benzene rings is 2. The summed E-state index contributed by atoms with van der Waals surface area (Å²) in [6, 6.07) is 10.4. The van der Waals surface area contributed by atoms with E-state index in [1.54, 1.807) is 6.07 Å². The minimum absolute atomic E-state index is 0.0649. The summed E-state index contributed by atoms with van der Waals surface area (Å²) in [4.78, 5) is 2.35. The van der Waals surface area contributed by atoms with E-state index in [1.165, 1.54) is 0 Å². The SMILES string of the molecule is O=S(=O)(NCc1cc2cc(Br)ccc2[nH]1)c1cccc(F)c1F. The van der Waals surface area contributed by atoms with E-state index in [0.29, 0.717) is 5.69 Å². The van der Waals surface area contributed by atoms with Crippen LogP contribution < -0.4 is 4.72 Å². The largest absolute Gasteiger partial charge is 0.357 e. The lowest BCUT2D eigenvalue weighted by molar-refractivity contribution is 0.483. The molecule has 0 bridgehead atoms. The third-order valence-corrected chi connectivity index (χ3v) is 5.21. The van der Waals surface area contributed by atoms with Gasteiger partial charge in [-0.05, 0) is 36.4 Å². The second-order valence-electron chi connectivity index (χ2n) is 4.90. The topological polar surface area (TPSA) is 62.0 Å². The predicted octanol–water partition coefficient (Wildman–Crippen LogP) is 3.69. The van der Waals surface area contributed by atoms with Gasteiger partial charge in [-0.3, -0.25) is 0 Å². The minimum Gasteiger partial charge on any atom is -0.357 e. The molecule has 3 aromatic rings. The van der Waals surface area contributed by atoms with Gasteiger partial charge in [0.25, 0.3) is 0 Å². The Bertz CT molecular complexity index is 986. The van der Waals surface area contributed by atoms with Crippen molar-refractivity contribution in [2.24, 2.45) is 0 Å². The van der Waals surface area contributed by atoms with E-state index in [2.05, 4.69) is 25.6 Å². The summed E-state index contributed by atoms with van der Waals surface area (Å²) in [5.41, 5.74) is 1.46. The van der Waals surface area contributed by atoms with E-state index in [0.717, 1.165) is 33.6 Å². The van der Waals surface area contributed by atoms with E-state index >= 15 is 0 Å². The summed E-state index contributed by atoms with van der Waals surface area (Å²) in [6.07, 6.45) is 0. The average Bonchev–Trinajstić information content (AvgIpc) is 2.90. The summed E-state index contributed by atoms with van der Waals surface area (Å²) < 4.78 is 54.2. The monoisotopic (exact) mass is 400 g/mol. The van der Waals surface area contributed by atoms with Crippen LogP contribution in [0.5, 0.6) is 0 Å². The number of hydrogen-bond donors (Lipinski definition) is 2. The van der Waals surface area contributed by atoms with Gasteiger partial charge in [0.1, 0.15) is 4.90 Å². The van der Waals surface area contributed by atoms with Gasteiger partial charge in [0, 0.05) is 21.1 Å². The second kappa shape index (κ2) is 6.03. The number of fused-ring (bicyclic) bond motifs is 1. The van der Waals surface area contributed by atoms with Gasteiger partial charge in [-0.2, -0.15) is 0 Å². The molecule has 2 N–H and O–H groups in total. The molecule has 0 spiro atoms. The number of hydrogen-bond acceptors (Lipinski definition) is 2. The molecule has 0 atom stereocenters. The number of aromatic nitrogens is 1. The smallest absolute Gasteiger partial charge is 0.243 e. The number of aromatic amines is 1. The first-order valence-corrected chi connectivity index (χ1v) is 8.85. The van der Waals surface area contributed by atoms with Crippen LogP contribution in [0.25, 0.3) is 10.9 Å². The number of sulfonamides is 1. The van der Waals surface area contributed by atoms with Gasteiger partial charge in [0.2, 0.25) is 10.0 Å². The highest BCUT2D eigenvalue weighted by Crippen LogP contribution is 2.21. The first kappa shape index (κ1) is 16.1. The second-order valence-corrected chi connectivity index (χ2v) is 7.55. The summed E-state index contributed by atoms with van der Waals surface area (Å²) in [5.74, 6) is -2.59. The molecule has 0 saturated carbocycles. The third-order valence-electron chi connectivity index (χ3n) is 3.30. The Kier molecular flexibility index (Phi) is 4.22. The van der Waals surface area contributed by atoms with Crippen LogP contribution in [0.2, 0.25) is 0 Å². The van der Waals surface area contributed by atoms with Gasteiger partial charge in [-0.1, -0.05) is 22.0 Å². The predicted molar refractivity (Wildman–Crippen MR) is 86.4 cm³/mol. The zero-order valence-electron chi connectivity index (χ0n) is 11.6. The standard InChI is InChI=1S/C15H11BrF2N2O2S/c16-10-4-5-13-9(6-10)7-11(20-13)8-19-23(21,22)14-3-1-2-12(17)15(14)18/h1-7,19-20H,8H2. The zero-order chi connectivity index (χ0) is 16.6. The maximum Gasteiger partial charge on any atom is 0.243 e. The van der Waals surface area contributed by atoms with E-state index in [-0.39, 0.29) is 6.54 Å². The Balaban J connectivity index is 1.84. The van der Waals surface area contributed by atoms with Crippen molar-refractivity contribution >= 4 is 36.9 Å². The fourth-order valence-corrected chi connectivity index (χ4v) is 3.67. The maximum atomic E-state index is 13.6. The van der Waals surface area contributed by atoms with Crippen LogP contribution in [-0.4, -0.2) is 13.4 Å². The molecule has 3 rings (SSSR count). The lowest BCUT2D eigenvalue weighted by Gasteiger charge is -2.07. The summed E-state index contributed by atoms with van der Waals surface area (Å²) in [6.45, 7) is -0.0649. The molecule has 0 radical (unpaired) electrons. The molecule has 120 valence electrons. The van der Waals surface area contributed by atoms with Crippen LogP contribution in [0.3, 0.4) is 0 Å². The lowest BCUT2D eigenvalue weighted by Crippen LogP contribution is -2.24. The van der Waals surface area contributed by atoms with Crippen LogP contribution in [0.15, 0.2) is 51.8 Å². The summed E-state index contributed by atoms with van der Waals surface area (Å²) in [7, 11) is -4.15. The van der Waals surface area contributed by atoms with Crippen LogP contribution in [0, 0.1) is 11.6 Å². The van der Waals surface area contributed by atoms with E-state index in [1.807, 2.05) is 18.2 Å². The molecule has 2 aromatic carbocycles. The first-order valence-electron chi connectivity index (χ1n) is 6.58. The van der Waals surface area contributed by atoms with Crippen molar-refractivity contribution in [3.05, 3.63) is 64.3 Å². The van der Waals surface area contributed by atoms with Crippen LogP contribution in [0.1, 0.15) is 5.69 Å². The number of H-pyrrole nitrogens is 1. The lowest BCUT2D eigenvalue weighted by atomic mass is 10.2. The fraction of sp³-hybridized carbons (Fsp3) is 0.0667. The van der Waals surface area contributed by atoms with Gasteiger partial charge in [0.05, 0.1) is 6.54 Å². The van der Waals surface area contributed by atoms with Crippen molar-refractivity contribution in [1.29, 1.82) is 0 Å². The fourth-order valence-electron chi connectivity index (χ4n) is 2.20. The molecule has 1 heterocycles. The van der Waals surface area contributed by atoms with Gasteiger partial charge >= 0.3 is 0 Å². The van der Waals surface area contributed by atoms with E-state index < -0.39 is 26.6 Å². The molecule has 1 aromatic heterocycles. The third kappa shape index (κ3) is 3.29. The number of rotatable bonds is 4. The minimum atomic E-state index is -4.15. The number of nitrogens with one attached hydrogen (secondary N) is 2. The molecule has 0 saturated heterocycles.